The van der Waals surface area contributed by atoms with Crippen molar-refractivity contribution >= 4 is 0 Å². The molecule has 0 saturated heterocycles. The maximum Gasteiger partial charge on any atom is 0.223 e. The number of unbranched alkanes of at least 4 members (excludes halogenated alkanes) is 30. The lowest BCUT2D eigenvalue weighted by atomic mass is 10.1. The van der Waals surface area contributed by atoms with Gasteiger partial charge in [0.2, 0.25) is 12.6 Å². The van der Waals surface area contributed by atoms with Crippen molar-refractivity contribution in [2.75, 3.05) is 39.6 Å². The topological polar surface area (TPSA) is 64.6 Å². The summed E-state index contributed by atoms with van der Waals surface area (Å²) in [6.45, 7) is 20.6. The van der Waals surface area contributed by atoms with E-state index in [2.05, 4.69) is 41.5 Å². The van der Waals surface area contributed by atoms with Crippen LogP contribution in [0.1, 0.15) is 287 Å². The summed E-state index contributed by atoms with van der Waals surface area (Å²) in [6, 6.07) is 0. The summed E-state index contributed by atoms with van der Waals surface area (Å²) in [5.74, 6) is 2.97. The minimum atomic E-state index is -0.801. The van der Waals surface area contributed by atoms with Crippen LogP contribution in [0.15, 0.2) is 23.0 Å². The average molecular weight is 895 g/mol. The van der Waals surface area contributed by atoms with Gasteiger partial charge in [-0.15, -0.1) is 0 Å². The van der Waals surface area contributed by atoms with Gasteiger partial charge in [-0.25, -0.2) is 0 Å². The van der Waals surface area contributed by atoms with E-state index in [1.165, 1.54) is 180 Å². The van der Waals surface area contributed by atoms with Crippen molar-refractivity contribution in [1.29, 1.82) is 0 Å². The zero-order valence-electron chi connectivity index (χ0n) is 43.7. The lowest BCUT2D eigenvalue weighted by Gasteiger charge is -2.30. The number of allylic oxidation sites excluding steroid dienone is 2. The smallest absolute Gasteiger partial charge is 0.223 e. The van der Waals surface area contributed by atoms with E-state index >= 15 is 0 Å². The molecular weight excluding hydrogens is 785 g/mol. The first kappa shape index (κ1) is 61.6. The Morgan fingerprint density at radius 2 is 0.508 bits per heavy atom. The van der Waals surface area contributed by atoms with Gasteiger partial charge in [0.05, 0.1) is 39.6 Å². The number of hydrogen-bond donors (Lipinski definition) is 0. The lowest BCUT2D eigenvalue weighted by molar-refractivity contribution is -0.242. The Morgan fingerprint density at radius 1 is 0.270 bits per heavy atom. The van der Waals surface area contributed by atoms with Crippen LogP contribution in [-0.2, 0) is 33.2 Å². The molecule has 7 heteroatoms. The fourth-order valence-corrected chi connectivity index (χ4v) is 8.26. The standard InChI is InChI=1S/C56H110O7/c1-9-17-21-25-29-31-33-35-39-43-47-51(57-13-5)53(59-15-7)55(61-49-45-41-37-27-23-19-11-3)63-56(62-50-46-42-38-28-24-20-12-4)54(60-16-8)52(58-14-6)48-44-40-36-34-32-30-26-22-18-10-2/h55-56H,9-50H2,1-8H3. The molecule has 0 aliphatic rings. The van der Waals surface area contributed by atoms with Crippen LogP contribution >= 0.6 is 0 Å². The van der Waals surface area contributed by atoms with Crippen molar-refractivity contribution in [3.63, 3.8) is 0 Å². The Balaban J connectivity index is 6.50. The highest BCUT2D eigenvalue weighted by Crippen LogP contribution is 2.29. The van der Waals surface area contributed by atoms with Crippen LogP contribution in [0.5, 0.6) is 0 Å². The van der Waals surface area contributed by atoms with Crippen molar-refractivity contribution in [1.82, 2.24) is 0 Å². The van der Waals surface area contributed by atoms with Crippen LogP contribution in [0, 0.1) is 0 Å². The molecule has 0 saturated carbocycles. The highest BCUT2D eigenvalue weighted by atomic mass is 16.8. The second-order valence-corrected chi connectivity index (χ2v) is 18.0. The first-order valence-electron chi connectivity index (χ1n) is 27.9. The SMILES string of the molecule is CCCCCCCCCCCCC(OCC)=C(OCC)C(OCCCCCCCCC)OC(OCCCCCCCCC)C(OCC)=C(CCCCCCCCCCCC)OCC. The Labute approximate surface area is 393 Å². The molecule has 0 aromatic rings. The first-order chi connectivity index (χ1) is 31.1. The maximum absolute atomic E-state index is 7.08. The molecule has 0 bridgehead atoms. The Morgan fingerprint density at radius 3 is 0.762 bits per heavy atom. The van der Waals surface area contributed by atoms with Crippen molar-refractivity contribution < 1.29 is 33.2 Å². The van der Waals surface area contributed by atoms with Crippen molar-refractivity contribution in [2.24, 2.45) is 0 Å². The maximum atomic E-state index is 7.08. The number of ether oxygens (including phenoxy) is 7. The van der Waals surface area contributed by atoms with E-state index < -0.39 is 12.6 Å². The van der Waals surface area contributed by atoms with E-state index in [1.54, 1.807) is 0 Å². The highest BCUT2D eigenvalue weighted by Gasteiger charge is 2.32. The van der Waals surface area contributed by atoms with E-state index in [1.807, 2.05) is 13.8 Å². The van der Waals surface area contributed by atoms with Gasteiger partial charge in [0.1, 0.15) is 11.5 Å². The number of rotatable bonds is 52. The van der Waals surface area contributed by atoms with Crippen LogP contribution in [0.2, 0.25) is 0 Å². The van der Waals surface area contributed by atoms with Gasteiger partial charge in [0, 0.05) is 12.8 Å². The van der Waals surface area contributed by atoms with E-state index in [4.69, 9.17) is 33.2 Å². The molecule has 0 aliphatic carbocycles. The van der Waals surface area contributed by atoms with Gasteiger partial charge in [-0.05, 0) is 53.4 Å². The fraction of sp³-hybridized carbons (Fsp3) is 0.929. The largest absolute Gasteiger partial charge is 0.495 e. The highest BCUT2D eigenvalue weighted by molar-refractivity contribution is 5.09. The normalized spacial score (nSPS) is 13.5. The third kappa shape index (κ3) is 37.4. The second-order valence-electron chi connectivity index (χ2n) is 18.0. The van der Waals surface area contributed by atoms with E-state index in [-0.39, 0.29) is 0 Å². The molecule has 2 atom stereocenters. The number of hydrogen-bond acceptors (Lipinski definition) is 7. The van der Waals surface area contributed by atoms with Gasteiger partial charge >= 0.3 is 0 Å². The molecule has 376 valence electrons. The second kappa shape index (κ2) is 50.0. The molecule has 2 unspecified atom stereocenters. The summed E-state index contributed by atoms with van der Waals surface area (Å²) < 4.78 is 46.5. The molecule has 0 amide bonds. The van der Waals surface area contributed by atoms with Gasteiger partial charge in [0.15, 0.2) is 11.5 Å². The molecule has 0 spiro atoms. The summed E-state index contributed by atoms with van der Waals surface area (Å²) in [7, 11) is 0. The molecule has 0 aliphatic heterocycles. The summed E-state index contributed by atoms with van der Waals surface area (Å²) in [5, 5.41) is 0. The molecule has 0 rings (SSSR count). The molecule has 0 radical (unpaired) electrons. The van der Waals surface area contributed by atoms with E-state index in [0.717, 1.165) is 62.9 Å². The van der Waals surface area contributed by atoms with Gasteiger partial charge in [-0.1, -0.05) is 220 Å². The first-order valence-corrected chi connectivity index (χ1v) is 27.9. The summed E-state index contributed by atoms with van der Waals surface area (Å²) in [5.41, 5.74) is 0. The third-order valence-electron chi connectivity index (χ3n) is 12.0. The fourth-order valence-electron chi connectivity index (χ4n) is 8.26. The molecule has 7 nitrogen and oxygen atoms in total. The van der Waals surface area contributed by atoms with Crippen LogP contribution < -0.4 is 0 Å². The minimum absolute atomic E-state index is 0.491. The van der Waals surface area contributed by atoms with E-state index in [0.29, 0.717) is 51.2 Å². The third-order valence-corrected chi connectivity index (χ3v) is 12.0. The minimum Gasteiger partial charge on any atom is -0.495 e. The molecule has 0 N–H and O–H groups in total. The summed E-state index contributed by atoms with van der Waals surface area (Å²) >= 11 is 0. The Hall–Kier alpha value is -1.44. The van der Waals surface area contributed by atoms with Gasteiger partial charge in [-0.3, -0.25) is 0 Å². The Kier molecular flexibility index (Phi) is 48.8. The zero-order chi connectivity index (χ0) is 46.1. The van der Waals surface area contributed by atoms with Crippen molar-refractivity contribution in [3.8, 4) is 0 Å². The summed E-state index contributed by atoms with van der Waals surface area (Å²) in [4.78, 5) is 0. The predicted octanol–water partition coefficient (Wildman–Crippen LogP) is 18.4. The van der Waals surface area contributed by atoms with Crippen molar-refractivity contribution in [2.45, 2.75) is 299 Å². The van der Waals surface area contributed by atoms with E-state index in [9.17, 15) is 0 Å². The monoisotopic (exact) mass is 895 g/mol. The van der Waals surface area contributed by atoms with Gasteiger partial charge in [-0.2, -0.15) is 0 Å². The van der Waals surface area contributed by atoms with Crippen LogP contribution in [0.25, 0.3) is 0 Å². The van der Waals surface area contributed by atoms with Crippen molar-refractivity contribution in [3.05, 3.63) is 23.0 Å². The van der Waals surface area contributed by atoms with Crippen LogP contribution in [0.3, 0.4) is 0 Å². The predicted molar refractivity (Wildman–Crippen MR) is 270 cm³/mol. The molecule has 0 fully saturated rings. The molecule has 0 aromatic heterocycles. The summed E-state index contributed by atoms with van der Waals surface area (Å²) in [6.07, 6.45) is 42.8. The quantitative estimate of drug-likeness (QED) is 0.0342. The van der Waals surface area contributed by atoms with Crippen LogP contribution in [0.4, 0.5) is 0 Å². The van der Waals surface area contributed by atoms with Crippen LogP contribution in [-0.4, -0.2) is 52.2 Å². The van der Waals surface area contributed by atoms with Gasteiger partial charge in [0.25, 0.3) is 0 Å². The van der Waals surface area contributed by atoms with Gasteiger partial charge < -0.3 is 33.2 Å². The lowest BCUT2D eigenvalue weighted by Crippen LogP contribution is -2.34. The average Bonchev–Trinajstić information content (AvgIpc) is 3.29. The molecule has 0 heterocycles. The molecule has 63 heavy (non-hydrogen) atoms. The zero-order valence-corrected chi connectivity index (χ0v) is 43.7. The molecule has 0 aromatic carbocycles. The molecular formula is C56H110O7. The Bertz CT molecular complexity index is 905.